The van der Waals surface area contributed by atoms with E-state index in [4.69, 9.17) is 4.74 Å². The molecule has 0 aromatic carbocycles. The molecule has 174 valence electrons. The Bertz CT molecular complexity index is 1060. The number of amides is 2. The standard InChI is InChI=1S/C22H22F3N5O3/c23-22(24,25)16-10-26-11-17(28-16)33-19(32)30-21-8-13-5-14(9-21)7-20(6-13,12-21)29-18(31)15-3-1-2-4-27-15/h1-4,10-11,13-14H,5-9,12H2,(H,29,31)(H,30,32). The number of aromatic nitrogens is 3. The summed E-state index contributed by atoms with van der Waals surface area (Å²) in [6.45, 7) is 0. The summed E-state index contributed by atoms with van der Waals surface area (Å²) in [7, 11) is 0. The van der Waals surface area contributed by atoms with Gasteiger partial charge in [-0.05, 0) is 62.5 Å². The molecule has 4 aliphatic rings. The number of pyridine rings is 1. The normalized spacial score (nSPS) is 30.0. The summed E-state index contributed by atoms with van der Waals surface area (Å²) in [6, 6.07) is 5.13. The van der Waals surface area contributed by atoms with Crippen molar-refractivity contribution < 1.29 is 27.5 Å². The van der Waals surface area contributed by atoms with Gasteiger partial charge in [0.1, 0.15) is 5.69 Å². The summed E-state index contributed by atoms with van der Waals surface area (Å²) in [6.07, 6.45) is 2.17. The molecule has 2 aromatic heterocycles. The Kier molecular flexibility index (Phi) is 5.02. The van der Waals surface area contributed by atoms with Gasteiger partial charge in [-0.15, -0.1) is 0 Å². The minimum Gasteiger partial charge on any atom is -0.390 e. The van der Waals surface area contributed by atoms with E-state index in [0.717, 1.165) is 38.3 Å². The molecule has 4 saturated carbocycles. The van der Waals surface area contributed by atoms with Gasteiger partial charge in [0.05, 0.1) is 12.4 Å². The SMILES string of the molecule is O=C(NC12CC3CC(C1)CC(NC(=O)c1ccccn1)(C3)C2)Oc1cncc(C(F)(F)F)n1. The number of halogens is 3. The summed E-state index contributed by atoms with van der Waals surface area (Å²) in [5.74, 6) is -0.132. The van der Waals surface area contributed by atoms with Crippen LogP contribution in [-0.4, -0.2) is 38.0 Å². The van der Waals surface area contributed by atoms with Crippen molar-refractivity contribution in [2.24, 2.45) is 11.8 Å². The lowest BCUT2D eigenvalue weighted by Crippen LogP contribution is -2.70. The number of carbonyl (C=O) groups excluding carboxylic acids is 2. The Morgan fingerprint density at radius 1 is 1.03 bits per heavy atom. The maximum atomic E-state index is 12.9. The lowest BCUT2D eigenvalue weighted by molar-refractivity contribution is -0.141. The highest BCUT2D eigenvalue weighted by atomic mass is 19.4. The highest BCUT2D eigenvalue weighted by Crippen LogP contribution is 2.57. The van der Waals surface area contributed by atoms with Gasteiger partial charge in [0, 0.05) is 17.3 Å². The van der Waals surface area contributed by atoms with Gasteiger partial charge in [0.25, 0.3) is 5.91 Å². The van der Waals surface area contributed by atoms with Crippen LogP contribution in [0.5, 0.6) is 5.88 Å². The Morgan fingerprint density at radius 2 is 1.73 bits per heavy atom. The number of hydrogen-bond donors (Lipinski definition) is 2. The Labute approximate surface area is 187 Å². The summed E-state index contributed by atoms with van der Waals surface area (Å²) >= 11 is 0. The molecule has 6 rings (SSSR count). The van der Waals surface area contributed by atoms with E-state index >= 15 is 0 Å². The molecule has 4 fully saturated rings. The Morgan fingerprint density at radius 3 is 2.36 bits per heavy atom. The minimum absolute atomic E-state index is 0.255. The molecule has 2 aromatic rings. The van der Waals surface area contributed by atoms with Gasteiger partial charge in [-0.1, -0.05) is 6.07 Å². The molecule has 4 bridgehead atoms. The third kappa shape index (κ3) is 4.36. The molecule has 11 heteroatoms. The monoisotopic (exact) mass is 461 g/mol. The van der Waals surface area contributed by atoms with Crippen LogP contribution in [0.3, 0.4) is 0 Å². The van der Waals surface area contributed by atoms with E-state index in [-0.39, 0.29) is 5.91 Å². The van der Waals surface area contributed by atoms with Crippen molar-refractivity contribution in [2.45, 2.75) is 55.8 Å². The van der Waals surface area contributed by atoms with Crippen molar-refractivity contribution in [1.82, 2.24) is 25.6 Å². The van der Waals surface area contributed by atoms with Gasteiger partial charge in [0.15, 0.2) is 5.69 Å². The van der Waals surface area contributed by atoms with Crippen LogP contribution in [0.2, 0.25) is 0 Å². The second-order valence-electron chi connectivity index (χ2n) is 9.45. The zero-order valence-corrected chi connectivity index (χ0v) is 17.6. The lowest BCUT2D eigenvalue weighted by atomic mass is 9.50. The second kappa shape index (κ2) is 7.67. The van der Waals surface area contributed by atoms with E-state index in [2.05, 4.69) is 25.6 Å². The molecule has 2 unspecified atom stereocenters. The van der Waals surface area contributed by atoms with Crippen LogP contribution >= 0.6 is 0 Å². The smallest absolute Gasteiger partial charge is 0.390 e. The van der Waals surface area contributed by atoms with Crippen molar-refractivity contribution in [3.05, 3.63) is 48.2 Å². The zero-order valence-electron chi connectivity index (χ0n) is 17.6. The maximum Gasteiger partial charge on any atom is 0.435 e. The first-order valence-electron chi connectivity index (χ1n) is 10.8. The highest BCUT2D eigenvalue weighted by molar-refractivity contribution is 5.92. The van der Waals surface area contributed by atoms with Gasteiger partial charge in [0.2, 0.25) is 5.88 Å². The quantitative estimate of drug-likeness (QED) is 0.722. The van der Waals surface area contributed by atoms with E-state index in [0.29, 0.717) is 30.1 Å². The molecule has 33 heavy (non-hydrogen) atoms. The van der Waals surface area contributed by atoms with Gasteiger partial charge in [-0.2, -0.15) is 13.2 Å². The fraction of sp³-hybridized carbons (Fsp3) is 0.500. The first-order chi connectivity index (χ1) is 15.6. The van der Waals surface area contributed by atoms with Crippen molar-refractivity contribution in [3.63, 3.8) is 0 Å². The van der Waals surface area contributed by atoms with E-state index in [1.807, 2.05) is 0 Å². The molecule has 2 atom stereocenters. The fourth-order valence-electron chi connectivity index (χ4n) is 6.23. The summed E-state index contributed by atoms with van der Waals surface area (Å²) in [4.78, 5) is 36.4. The van der Waals surface area contributed by atoms with Crippen LogP contribution < -0.4 is 15.4 Å². The highest BCUT2D eigenvalue weighted by Gasteiger charge is 2.59. The third-order valence-corrected chi connectivity index (χ3v) is 6.80. The van der Waals surface area contributed by atoms with Crippen molar-refractivity contribution >= 4 is 12.0 Å². The number of carbonyl (C=O) groups is 2. The predicted octanol–water partition coefficient (Wildman–Crippen LogP) is 3.50. The Balaban J connectivity index is 1.31. The van der Waals surface area contributed by atoms with Crippen molar-refractivity contribution in [3.8, 4) is 5.88 Å². The van der Waals surface area contributed by atoms with E-state index in [1.165, 1.54) is 0 Å². The van der Waals surface area contributed by atoms with Crippen LogP contribution in [-0.2, 0) is 6.18 Å². The summed E-state index contributed by atoms with van der Waals surface area (Å²) in [5.41, 5.74) is -1.98. The molecule has 2 heterocycles. The molecule has 8 nitrogen and oxygen atoms in total. The first kappa shape index (κ1) is 21.6. The van der Waals surface area contributed by atoms with Gasteiger partial charge in [-0.25, -0.2) is 9.78 Å². The van der Waals surface area contributed by atoms with Crippen LogP contribution in [0.25, 0.3) is 0 Å². The van der Waals surface area contributed by atoms with Crippen LogP contribution in [0.4, 0.5) is 18.0 Å². The van der Waals surface area contributed by atoms with Crippen LogP contribution in [0.15, 0.2) is 36.8 Å². The molecule has 0 saturated heterocycles. The number of ether oxygens (including phenoxy) is 1. The van der Waals surface area contributed by atoms with Gasteiger partial charge >= 0.3 is 12.3 Å². The predicted molar refractivity (Wildman–Crippen MR) is 108 cm³/mol. The summed E-state index contributed by atoms with van der Waals surface area (Å²) in [5, 5.41) is 6.06. The van der Waals surface area contributed by atoms with Crippen LogP contribution in [0.1, 0.15) is 54.7 Å². The number of hydrogen-bond acceptors (Lipinski definition) is 6. The van der Waals surface area contributed by atoms with E-state index in [9.17, 15) is 22.8 Å². The molecule has 0 radical (unpaired) electrons. The first-order valence-corrected chi connectivity index (χ1v) is 10.8. The molecular weight excluding hydrogens is 439 g/mol. The largest absolute Gasteiger partial charge is 0.435 e. The number of nitrogens with zero attached hydrogens (tertiary/aromatic N) is 3. The number of nitrogens with one attached hydrogen (secondary N) is 2. The second-order valence-corrected chi connectivity index (χ2v) is 9.45. The number of rotatable bonds is 4. The van der Waals surface area contributed by atoms with Crippen molar-refractivity contribution in [1.29, 1.82) is 0 Å². The average Bonchev–Trinajstić information content (AvgIpc) is 2.72. The zero-order chi connectivity index (χ0) is 23.3. The van der Waals surface area contributed by atoms with Crippen LogP contribution in [0, 0.1) is 11.8 Å². The van der Waals surface area contributed by atoms with E-state index in [1.54, 1.807) is 24.4 Å². The minimum atomic E-state index is -4.69. The lowest BCUT2D eigenvalue weighted by Gasteiger charge is -2.61. The van der Waals surface area contributed by atoms with E-state index < -0.39 is 34.9 Å². The molecular formula is C22H22F3N5O3. The summed E-state index contributed by atoms with van der Waals surface area (Å²) < 4.78 is 43.6. The third-order valence-electron chi connectivity index (χ3n) is 6.80. The fourth-order valence-corrected chi connectivity index (χ4v) is 6.23. The maximum absolute atomic E-state index is 12.9. The molecule has 2 N–H and O–H groups in total. The van der Waals surface area contributed by atoms with Gasteiger partial charge in [-0.3, -0.25) is 14.8 Å². The average molecular weight is 461 g/mol. The molecule has 4 aliphatic carbocycles. The molecule has 0 spiro atoms. The number of alkyl halides is 3. The van der Waals surface area contributed by atoms with Crippen molar-refractivity contribution in [2.75, 3.05) is 0 Å². The Hall–Kier alpha value is -3.24. The topological polar surface area (TPSA) is 106 Å². The van der Waals surface area contributed by atoms with Gasteiger partial charge < -0.3 is 15.4 Å². The molecule has 0 aliphatic heterocycles. The molecule has 2 amide bonds.